The van der Waals surface area contributed by atoms with E-state index >= 15 is 0 Å². The van der Waals surface area contributed by atoms with E-state index in [0.717, 1.165) is 10.8 Å². The van der Waals surface area contributed by atoms with Crippen LogP contribution >= 0.6 is 11.3 Å². The number of rotatable bonds is 6. The topological polar surface area (TPSA) is 77.5 Å². The molecule has 1 heterocycles. The number of benzene rings is 2. The van der Waals surface area contributed by atoms with Crippen molar-refractivity contribution in [3.8, 4) is 5.75 Å². The number of hydrogen-bond acceptors (Lipinski definition) is 6. The highest BCUT2D eigenvalue weighted by molar-refractivity contribution is 7.13. The third-order valence-corrected chi connectivity index (χ3v) is 4.10. The van der Waals surface area contributed by atoms with E-state index in [-0.39, 0.29) is 19.1 Å². The molecule has 0 saturated carbocycles. The zero-order valence-electron chi connectivity index (χ0n) is 13.5. The van der Waals surface area contributed by atoms with Gasteiger partial charge in [-0.2, -0.15) is 0 Å². The van der Waals surface area contributed by atoms with Gasteiger partial charge < -0.3 is 14.8 Å². The summed E-state index contributed by atoms with van der Waals surface area (Å²) in [6.45, 7) is 1.27. The van der Waals surface area contributed by atoms with Crippen LogP contribution in [-0.2, 0) is 20.9 Å². The van der Waals surface area contributed by atoms with Crippen molar-refractivity contribution in [2.45, 2.75) is 13.5 Å². The van der Waals surface area contributed by atoms with Crippen LogP contribution in [0.25, 0.3) is 10.8 Å². The third-order valence-electron chi connectivity index (χ3n) is 3.29. The lowest BCUT2D eigenvalue weighted by molar-refractivity contribution is -0.147. The summed E-state index contributed by atoms with van der Waals surface area (Å²) in [4.78, 5) is 26.9. The molecular formula is C18H16N2O4S. The molecule has 0 aliphatic heterocycles. The van der Waals surface area contributed by atoms with Gasteiger partial charge in [-0.05, 0) is 22.9 Å². The fourth-order valence-electron chi connectivity index (χ4n) is 2.18. The van der Waals surface area contributed by atoms with Gasteiger partial charge >= 0.3 is 5.97 Å². The second-order valence-corrected chi connectivity index (χ2v) is 6.14. The monoisotopic (exact) mass is 356 g/mol. The lowest BCUT2D eigenvalue weighted by Crippen LogP contribution is -2.15. The highest BCUT2D eigenvalue weighted by Crippen LogP contribution is 2.20. The Morgan fingerprint density at radius 2 is 1.96 bits per heavy atom. The maximum Gasteiger partial charge on any atom is 0.344 e. The summed E-state index contributed by atoms with van der Waals surface area (Å²) in [6, 6.07) is 13.5. The van der Waals surface area contributed by atoms with E-state index in [1.807, 2.05) is 42.5 Å². The molecular weight excluding hydrogens is 340 g/mol. The molecule has 0 saturated heterocycles. The number of nitrogens with zero attached hydrogens (tertiary/aromatic N) is 1. The smallest absolute Gasteiger partial charge is 0.344 e. The van der Waals surface area contributed by atoms with E-state index < -0.39 is 5.97 Å². The van der Waals surface area contributed by atoms with E-state index in [0.29, 0.717) is 16.6 Å². The van der Waals surface area contributed by atoms with Gasteiger partial charge in [0.15, 0.2) is 11.7 Å². The molecule has 0 unspecified atom stereocenters. The molecule has 1 aromatic heterocycles. The summed E-state index contributed by atoms with van der Waals surface area (Å²) < 4.78 is 10.6. The molecule has 3 aromatic rings. The molecule has 25 heavy (non-hydrogen) atoms. The van der Waals surface area contributed by atoms with Crippen molar-refractivity contribution in [1.29, 1.82) is 0 Å². The van der Waals surface area contributed by atoms with Crippen molar-refractivity contribution in [1.82, 2.24) is 4.98 Å². The van der Waals surface area contributed by atoms with Crippen LogP contribution in [0.15, 0.2) is 47.8 Å². The molecule has 128 valence electrons. The second kappa shape index (κ2) is 7.76. The molecule has 0 aliphatic rings. The first-order chi connectivity index (χ1) is 12.1. The SMILES string of the molecule is CC(=O)Nc1nc(COC(=O)COc2ccc3ccccc3c2)cs1. The summed E-state index contributed by atoms with van der Waals surface area (Å²) in [5.41, 5.74) is 0.577. The Morgan fingerprint density at radius 1 is 1.16 bits per heavy atom. The Morgan fingerprint density at radius 3 is 2.76 bits per heavy atom. The molecule has 0 spiro atoms. The van der Waals surface area contributed by atoms with Crippen molar-refractivity contribution in [2.24, 2.45) is 0 Å². The molecule has 0 fully saturated rings. The minimum absolute atomic E-state index is 0.0377. The summed E-state index contributed by atoms with van der Waals surface area (Å²) >= 11 is 1.28. The van der Waals surface area contributed by atoms with Crippen molar-refractivity contribution >= 4 is 39.1 Å². The van der Waals surface area contributed by atoms with E-state index in [1.54, 1.807) is 5.38 Å². The largest absolute Gasteiger partial charge is 0.482 e. The normalized spacial score (nSPS) is 10.4. The van der Waals surface area contributed by atoms with Crippen LogP contribution < -0.4 is 10.1 Å². The Kier molecular flexibility index (Phi) is 5.25. The number of anilines is 1. The minimum atomic E-state index is -0.484. The number of hydrogen-bond donors (Lipinski definition) is 1. The number of nitrogens with one attached hydrogen (secondary N) is 1. The first kappa shape index (κ1) is 16.9. The summed E-state index contributed by atoms with van der Waals surface area (Å²) in [5, 5.41) is 6.93. The van der Waals surface area contributed by atoms with Gasteiger partial charge in [-0.25, -0.2) is 9.78 Å². The fourth-order valence-corrected chi connectivity index (χ4v) is 2.92. The minimum Gasteiger partial charge on any atom is -0.482 e. The number of carbonyl (C=O) groups is 2. The van der Waals surface area contributed by atoms with Gasteiger partial charge in [0, 0.05) is 12.3 Å². The quantitative estimate of drug-likeness (QED) is 0.685. The molecule has 0 bridgehead atoms. The first-order valence-corrected chi connectivity index (χ1v) is 8.47. The lowest BCUT2D eigenvalue weighted by atomic mass is 10.1. The van der Waals surface area contributed by atoms with E-state index in [1.165, 1.54) is 18.3 Å². The summed E-state index contributed by atoms with van der Waals surface area (Å²) in [7, 11) is 0. The zero-order valence-corrected chi connectivity index (χ0v) is 14.3. The van der Waals surface area contributed by atoms with Crippen LogP contribution in [0.4, 0.5) is 5.13 Å². The van der Waals surface area contributed by atoms with Crippen LogP contribution in [0, 0.1) is 0 Å². The number of thiazole rings is 1. The fraction of sp³-hybridized carbons (Fsp3) is 0.167. The van der Waals surface area contributed by atoms with Crippen molar-refractivity contribution in [3.63, 3.8) is 0 Å². The highest BCUT2D eigenvalue weighted by Gasteiger charge is 2.08. The Bertz CT molecular complexity index is 907. The Balaban J connectivity index is 1.48. The van der Waals surface area contributed by atoms with Gasteiger partial charge in [0.2, 0.25) is 5.91 Å². The standard InChI is InChI=1S/C18H16N2O4S/c1-12(21)19-18-20-15(11-25-18)9-24-17(22)10-23-16-7-6-13-4-2-3-5-14(13)8-16/h2-8,11H,9-10H2,1H3,(H,19,20,21). The van der Waals surface area contributed by atoms with Crippen LogP contribution in [0.2, 0.25) is 0 Å². The van der Waals surface area contributed by atoms with Crippen LogP contribution in [0.3, 0.4) is 0 Å². The molecule has 0 aliphatic carbocycles. The van der Waals surface area contributed by atoms with Gasteiger partial charge in [-0.1, -0.05) is 30.3 Å². The molecule has 1 amide bonds. The molecule has 0 radical (unpaired) electrons. The lowest BCUT2D eigenvalue weighted by Gasteiger charge is -2.07. The van der Waals surface area contributed by atoms with E-state index in [4.69, 9.17) is 9.47 Å². The number of aromatic nitrogens is 1. The Hall–Kier alpha value is -2.93. The van der Waals surface area contributed by atoms with E-state index in [2.05, 4.69) is 10.3 Å². The second-order valence-electron chi connectivity index (χ2n) is 5.28. The molecule has 2 aromatic carbocycles. The average Bonchev–Trinajstić information content (AvgIpc) is 3.04. The first-order valence-electron chi connectivity index (χ1n) is 7.59. The van der Waals surface area contributed by atoms with Crippen molar-refractivity contribution in [2.75, 3.05) is 11.9 Å². The molecule has 7 heteroatoms. The maximum absolute atomic E-state index is 11.8. The third kappa shape index (κ3) is 4.77. The highest BCUT2D eigenvalue weighted by atomic mass is 32.1. The van der Waals surface area contributed by atoms with Gasteiger partial charge in [0.1, 0.15) is 12.4 Å². The van der Waals surface area contributed by atoms with Gasteiger partial charge in [0.05, 0.1) is 5.69 Å². The van der Waals surface area contributed by atoms with Gasteiger partial charge in [-0.15, -0.1) is 11.3 Å². The van der Waals surface area contributed by atoms with Crippen molar-refractivity contribution in [3.05, 3.63) is 53.5 Å². The zero-order chi connectivity index (χ0) is 17.6. The number of esters is 1. The van der Waals surface area contributed by atoms with E-state index in [9.17, 15) is 9.59 Å². The summed E-state index contributed by atoms with van der Waals surface area (Å²) in [5.74, 6) is -0.0684. The van der Waals surface area contributed by atoms with Crippen molar-refractivity contribution < 1.29 is 19.1 Å². The summed E-state index contributed by atoms with van der Waals surface area (Å²) in [6.07, 6.45) is 0. The number of ether oxygens (including phenoxy) is 2. The van der Waals surface area contributed by atoms with Crippen LogP contribution in [0.5, 0.6) is 5.75 Å². The van der Waals surface area contributed by atoms with Gasteiger partial charge in [-0.3, -0.25) is 4.79 Å². The van der Waals surface area contributed by atoms with Crippen LogP contribution in [0.1, 0.15) is 12.6 Å². The molecule has 0 atom stereocenters. The Labute approximate surface area is 148 Å². The maximum atomic E-state index is 11.8. The molecule has 1 N–H and O–H groups in total. The molecule has 3 rings (SSSR count). The van der Waals surface area contributed by atoms with Crippen LogP contribution in [-0.4, -0.2) is 23.5 Å². The predicted molar refractivity (Wildman–Crippen MR) is 95.7 cm³/mol. The molecule has 6 nitrogen and oxygen atoms in total. The number of amides is 1. The average molecular weight is 356 g/mol. The van der Waals surface area contributed by atoms with Gasteiger partial charge in [0.25, 0.3) is 0 Å². The number of carbonyl (C=O) groups excluding carboxylic acids is 2. The number of fused-ring (bicyclic) bond motifs is 1. The predicted octanol–water partition coefficient (Wildman–Crippen LogP) is 3.38.